The van der Waals surface area contributed by atoms with E-state index in [9.17, 15) is 4.79 Å². The Hall–Kier alpha value is -2.44. The second-order valence-corrected chi connectivity index (χ2v) is 7.84. The second kappa shape index (κ2) is 8.97. The van der Waals surface area contributed by atoms with Crippen LogP contribution >= 0.6 is 11.3 Å². The van der Waals surface area contributed by atoms with E-state index < -0.39 is 0 Å². The molecule has 5 nitrogen and oxygen atoms in total. The van der Waals surface area contributed by atoms with Crippen LogP contribution in [0.4, 0.5) is 5.13 Å². The van der Waals surface area contributed by atoms with Gasteiger partial charge in [-0.3, -0.25) is 9.69 Å². The van der Waals surface area contributed by atoms with Crippen LogP contribution in [-0.2, 0) is 4.79 Å². The number of likely N-dealkylation sites (N-methyl/N-ethyl adjacent to an activating group) is 1. The SMILES string of the molecule is Cc1cccc2sc(N(CC[NH+](C)C)C(=O)CCOc3ccccc3)nc12. The fourth-order valence-electron chi connectivity index (χ4n) is 2.76. The molecule has 2 aromatic carbocycles. The number of nitrogens with one attached hydrogen (secondary N) is 1. The first-order valence-corrected chi connectivity index (χ1v) is 9.99. The quantitative estimate of drug-likeness (QED) is 0.649. The Morgan fingerprint density at radius 2 is 1.93 bits per heavy atom. The minimum absolute atomic E-state index is 0.0453. The molecule has 0 aliphatic heterocycles. The Labute approximate surface area is 164 Å². The molecule has 0 atom stereocenters. The maximum Gasteiger partial charge on any atom is 0.232 e. The summed E-state index contributed by atoms with van der Waals surface area (Å²) >= 11 is 1.57. The summed E-state index contributed by atoms with van der Waals surface area (Å²) in [5, 5.41) is 0.769. The van der Waals surface area contributed by atoms with Gasteiger partial charge in [-0.1, -0.05) is 41.7 Å². The first kappa shape index (κ1) is 19.3. The van der Waals surface area contributed by atoms with E-state index in [-0.39, 0.29) is 5.91 Å². The number of anilines is 1. The summed E-state index contributed by atoms with van der Waals surface area (Å²) in [5.41, 5.74) is 2.11. The van der Waals surface area contributed by atoms with Crippen LogP contribution < -0.4 is 14.5 Å². The standard InChI is InChI=1S/C21H25N3O2S/c1-16-8-7-11-18-20(16)22-21(27-18)24(14-13-23(2)3)19(25)12-15-26-17-9-5-4-6-10-17/h4-11H,12-15H2,1-3H3/p+1. The molecule has 1 amide bonds. The lowest BCUT2D eigenvalue weighted by atomic mass is 10.2. The van der Waals surface area contributed by atoms with Crippen LogP contribution in [0.25, 0.3) is 10.2 Å². The highest BCUT2D eigenvalue weighted by atomic mass is 32.1. The van der Waals surface area contributed by atoms with Gasteiger partial charge in [-0.15, -0.1) is 0 Å². The maximum atomic E-state index is 12.9. The summed E-state index contributed by atoms with van der Waals surface area (Å²) in [5.74, 6) is 0.828. The van der Waals surface area contributed by atoms with E-state index in [4.69, 9.17) is 9.72 Å². The molecule has 3 rings (SSSR count). The number of ether oxygens (including phenoxy) is 1. The van der Waals surface area contributed by atoms with Gasteiger partial charge in [-0.2, -0.15) is 0 Å². The largest absolute Gasteiger partial charge is 0.493 e. The van der Waals surface area contributed by atoms with E-state index in [0.29, 0.717) is 19.6 Å². The number of aryl methyl sites for hydroxylation is 1. The number of aromatic nitrogens is 1. The molecule has 142 valence electrons. The zero-order valence-corrected chi connectivity index (χ0v) is 16.9. The van der Waals surface area contributed by atoms with Crippen LogP contribution in [0.3, 0.4) is 0 Å². The topological polar surface area (TPSA) is 46.9 Å². The zero-order chi connectivity index (χ0) is 19.2. The molecule has 0 aliphatic carbocycles. The third-order valence-electron chi connectivity index (χ3n) is 4.30. The average Bonchev–Trinajstić information content (AvgIpc) is 3.08. The molecule has 1 heterocycles. The molecule has 1 aromatic heterocycles. The van der Waals surface area contributed by atoms with E-state index in [2.05, 4.69) is 33.2 Å². The molecule has 1 N–H and O–H groups in total. The summed E-state index contributed by atoms with van der Waals surface area (Å²) in [7, 11) is 4.17. The predicted molar refractivity (Wildman–Crippen MR) is 111 cm³/mol. The van der Waals surface area contributed by atoms with Crippen molar-refractivity contribution in [1.82, 2.24) is 4.98 Å². The molecule has 0 unspecified atom stereocenters. The lowest BCUT2D eigenvalue weighted by Crippen LogP contribution is -3.06. The number of rotatable bonds is 8. The normalized spacial score (nSPS) is 11.1. The van der Waals surface area contributed by atoms with Gasteiger partial charge in [-0.05, 0) is 30.7 Å². The van der Waals surface area contributed by atoms with Crippen molar-refractivity contribution in [1.29, 1.82) is 0 Å². The number of amides is 1. The molecular formula is C21H26N3O2S+. The molecular weight excluding hydrogens is 358 g/mol. The fourth-order valence-corrected chi connectivity index (χ4v) is 3.85. The van der Waals surface area contributed by atoms with E-state index in [1.807, 2.05) is 41.3 Å². The van der Waals surface area contributed by atoms with Crippen molar-refractivity contribution in [2.45, 2.75) is 13.3 Å². The van der Waals surface area contributed by atoms with Gasteiger partial charge in [0.1, 0.15) is 5.75 Å². The van der Waals surface area contributed by atoms with Crippen molar-refractivity contribution in [2.75, 3.05) is 38.7 Å². The van der Waals surface area contributed by atoms with Gasteiger partial charge in [0, 0.05) is 0 Å². The third-order valence-corrected chi connectivity index (χ3v) is 5.35. The number of hydrogen-bond donors (Lipinski definition) is 1. The monoisotopic (exact) mass is 384 g/mol. The third kappa shape index (κ3) is 5.05. The number of hydrogen-bond acceptors (Lipinski definition) is 4. The Morgan fingerprint density at radius 3 is 2.63 bits per heavy atom. The Kier molecular flexibility index (Phi) is 6.42. The first-order chi connectivity index (χ1) is 13.0. The van der Waals surface area contributed by atoms with Crippen LogP contribution in [0.15, 0.2) is 48.5 Å². The number of carbonyl (C=O) groups is 1. The molecule has 6 heteroatoms. The zero-order valence-electron chi connectivity index (χ0n) is 16.1. The van der Waals surface area contributed by atoms with E-state index in [0.717, 1.165) is 33.2 Å². The predicted octanol–water partition coefficient (Wildman–Crippen LogP) is 2.55. The number of benzene rings is 2. The number of quaternary nitrogens is 1. The maximum absolute atomic E-state index is 12.9. The number of para-hydroxylation sites is 2. The molecule has 0 aliphatic rings. The van der Waals surface area contributed by atoms with Crippen LogP contribution in [0, 0.1) is 6.92 Å². The molecule has 0 saturated carbocycles. The number of fused-ring (bicyclic) bond motifs is 1. The van der Waals surface area contributed by atoms with E-state index in [1.54, 1.807) is 11.3 Å². The van der Waals surface area contributed by atoms with Crippen molar-refractivity contribution in [3.8, 4) is 5.75 Å². The minimum atomic E-state index is 0.0453. The second-order valence-electron chi connectivity index (χ2n) is 6.83. The van der Waals surface area contributed by atoms with Crippen molar-refractivity contribution < 1.29 is 14.4 Å². The number of nitrogens with zero attached hydrogens (tertiary/aromatic N) is 2. The van der Waals surface area contributed by atoms with Crippen molar-refractivity contribution >= 4 is 32.6 Å². The molecule has 27 heavy (non-hydrogen) atoms. The fraction of sp³-hybridized carbons (Fsp3) is 0.333. The van der Waals surface area contributed by atoms with Gasteiger partial charge < -0.3 is 9.64 Å². The highest BCUT2D eigenvalue weighted by Crippen LogP contribution is 2.30. The Balaban J connectivity index is 1.73. The lowest BCUT2D eigenvalue weighted by Gasteiger charge is -2.20. The Morgan fingerprint density at radius 1 is 1.15 bits per heavy atom. The van der Waals surface area contributed by atoms with Gasteiger partial charge in [0.05, 0.1) is 50.4 Å². The van der Waals surface area contributed by atoms with Crippen molar-refractivity contribution in [3.63, 3.8) is 0 Å². The van der Waals surface area contributed by atoms with Crippen LogP contribution in [0.1, 0.15) is 12.0 Å². The Bertz CT molecular complexity index is 893. The van der Waals surface area contributed by atoms with Crippen LogP contribution in [-0.4, -0.2) is 44.7 Å². The number of carbonyl (C=O) groups excluding carboxylic acids is 1. The molecule has 0 saturated heterocycles. The molecule has 0 spiro atoms. The van der Waals surface area contributed by atoms with Crippen LogP contribution in [0.5, 0.6) is 5.75 Å². The molecule has 3 aromatic rings. The summed E-state index contributed by atoms with van der Waals surface area (Å²) in [6.45, 7) is 3.92. The van der Waals surface area contributed by atoms with Gasteiger partial charge >= 0.3 is 0 Å². The summed E-state index contributed by atoms with van der Waals surface area (Å²) in [6, 6.07) is 15.7. The van der Waals surface area contributed by atoms with Crippen LogP contribution in [0.2, 0.25) is 0 Å². The number of thiazole rings is 1. The molecule has 0 bridgehead atoms. The lowest BCUT2D eigenvalue weighted by molar-refractivity contribution is -0.856. The molecule has 0 radical (unpaired) electrons. The average molecular weight is 385 g/mol. The summed E-state index contributed by atoms with van der Waals surface area (Å²) in [4.78, 5) is 20.8. The van der Waals surface area contributed by atoms with Gasteiger partial charge in [0.2, 0.25) is 5.91 Å². The minimum Gasteiger partial charge on any atom is -0.493 e. The van der Waals surface area contributed by atoms with Crippen molar-refractivity contribution in [3.05, 3.63) is 54.1 Å². The highest BCUT2D eigenvalue weighted by molar-refractivity contribution is 7.22. The van der Waals surface area contributed by atoms with Gasteiger partial charge in [0.25, 0.3) is 0 Å². The molecule has 0 fully saturated rings. The van der Waals surface area contributed by atoms with Gasteiger partial charge in [0.15, 0.2) is 5.13 Å². The smallest absolute Gasteiger partial charge is 0.232 e. The van der Waals surface area contributed by atoms with Gasteiger partial charge in [-0.25, -0.2) is 4.98 Å². The highest BCUT2D eigenvalue weighted by Gasteiger charge is 2.21. The summed E-state index contributed by atoms with van der Waals surface area (Å²) in [6.07, 6.45) is 0.326. The summed E-state index contributed by atoms with van der Waals surface area (Å²) < 4.78 is 6.81. The van der Waals surface area contributed by atoms with Crippen molar-refractivity contribution in [2.24, 2.45) is 0 Å². The van der Waals surface area contributed by atoms with E-state index >= 15 is 0 Å². The first-order valence-electron chi connectivity index (χ1n) is 9.18. The van der Waals surface area contributed by atoms with E-state index in [1.165, 1.54) is 4.90 Å².